The predicted molar refractivity (Wildman–Crippen MR) is 161 cm³/mol. The van der Waals surface area contributed by atoms with Gasteiger partial charge in [0, 0.05) is 32.8 Å². The highest BCUT2D eigenvalue weighted by Crippen LogP contribution is 2.26. The molecule has 1 unspecified atom stereocenters. The molecule has 3 N–H and O–H groups in total. The highest BCUT2D eigenvalue weighted by molar-refractivity contribution is 14.1. The van der Waals surface area contributed by atoms with Gasteiger partial charge in [0.05, 0.1) is 5.92 Å². The van der Waals surface area contributed by atoms with E-state index in [9.17, 15) is 9.59 Å². The van der Waals surface area contributed by atoms with Crippen molar-refractivity contribution in [1.29, 1.82) is 0 Å². The molecule has 0 aliphatic heterocycles. The van der Waals surface area contributed by atoms with Crippen LogP contribution in [0.25, 0.3) is 10.9 Å². The number of aromatic amines is 1. The third kappa shape index (κ3) is 5.81. The van der Waals surface area contributed by atoms with Gasteiger partial charge in [-0.25, -0.2) is 0 Å². The molecule has 38 heavy (non-hydrogen) atoms. The predicted octanol–water partition coefficient (Wildman–Crippen LogP) is 6.58. The Kier molecular flexibility index (Phi) is 7.89. The zero-order chi connectivity index (χ0) is 26.5. The second-order valence-electron chi connectivity index (χ2n) is 9.33. The number of hydrogen-bond donors (Lipinski definition) is 3. The van der Waals surface area contributed by atoms with Crippen molar-refractivity contribution in [2.24, 2.45) is 0 Å². The molecule has 0 aliphatic carbocycles. The number of carbonyl (C=O) groups excluding carboxylic acids is 2. The van der Waals surface area contributed by atoms with Gasteiger partial charge in [0.2, 0.25) is 11.8 Å². The standard InChI is InChI=1S/C32H28IN3O2/c1-21-18-25(33)16-17-27(21)35-31(37)29(19-24-20-34-28-15-9-8-14-26(24)28)36-32(38)30(22-10-4-2-5-11-22)23-12-6-3-7-13-23/h2-18,20,29-30,34H,19H2,1H3,(H,35,37)(H,36,38). The van der Waals surface area contributed by atoms with Crippen molar-refractivity contribution >= 4 is 51.0 Å². The number of para-hydroxylation sites is 1. The zero-order valence-corrected chi connectivity index (χ0v) is 23.1. The number of aromatic nitrogens is 1. The SMILES string of the molecule is Cc1cc(I)ccc1NC(=O)C(Cc1c[nH]c2ccccc12)NC(=O)C(c1ccccc1)c1ccccc1. The molecular formula is C32H28IN3O2. The van der Waals surface area contributed by atoms with Gasteiger partial charge in [-0.3, -0.25) is 9.59 Å². The number of hydrogen-bond acceptors (Lipinski definition) is 2. The molecule has 0 fully saturated rings. The summed E-state index contributed by atoms with van der Waals surface area (Å²) in [5.41, 5.74) is 5.40. The molecule has 4 aromatic carbocycles. The summed E-state index contributed by atoms with van der Waals surface area (Å²) < 4.78 is 1.09. The van der Waals surface area contributed by atoms with Gasteiger partial charge in [-0.1, -0.05) is 78.9 Å². The quantitative estimate of drug-likeness (QED) is 0.173. The van der Waals surface area contributed by atoms with E-state index in [1.165, 1.54) is 0 Å². The topological polar surface area (TPSA) is 74.0 Å². The minimum Gasteiger partial charge on any atom is -0.361 e. The lowest BCUT2D eigenvalue weighted by Gasteiger charge is -2.23. The molecule has 0 radical (unpaired) electrons. The first-order chi connectivity index (χ1) is 18.5. The van der Waals surface area contributed by atoms with E-state index in [2.05, 4.69) is 38.2 Å². The van der Waals surface area contributed by atoms with Crippen LogP contribution in [0.2, 0.25) is 0 Å². The van der Waals surface area contributed by atoms with Gasteiger partial charge in [-0.05, 0) is 76.0 Å². The lowest BCUT2D eigenvalue weighted by Crippen LogP contribution is -2.47. The summed E-state index contributed by atoms with van der Waals surface area (Å²) in [5, 5.41) is 7.19. The van der Waals surface area contributed by atoms with Crippen LogP contribution in [-0.4, -0.2) is 22.8 Å². The largest absolute Gasteiger partial charge is 0.361 e. The van der Waals surface area contributed by atoms with Gasteiger partial charge in [0.25, 0.3) is 0 Å². The molecule has 0 aliphatic rings. The Balaban J connectivity index is 1.48. The second kappa shape index (κ2) is 11.6. The molecule has 1 atom stereocenters. The van der Waals surface area contributed by atoms with E-state index in [-0.39, 0.29) is 11.8 Å². The molecule has 5 nitrogen and oxygen atoms in total. The fourth-order valence-corrected chi connectivity index (χ4v) is 5.41. The number of H-pyrrole nitrogens is 1. The number of rotatable bonds is 8. The van der Waals surface area contributed by atoms with Gasteiger partial charge >= 0.3 is 0 Å². The minimum atomic E-state index is -0.782. The molecule has 190 valence electrons. The van der Waals surface area contributed by atoms with Crippen LogP contribution >= 0.6 is 22.6 Å². The first-order valence-corrected chi connectivity index (χ1v) is 13.6. The van der Waals surface area contributed by atoms with Crippen LogP contribution in [0.4, 0.5) is 5.69 Å². The summed E-state index contributed by atoms with van der Waals surface area (Å²) in [6.45, 7) is 1.96. The molecule has 0 saturated carbocycles. The second-order valence-corrected chi connectivity index (χ2v) is 10.6. The number of fused-ring (bicyclic) bond motifs is 1. The van der Waals surface area contributed by atoms with Crippen LogP contribution in [0.3, 0.4) is 0 Å². The van der Waals surface area contributed by atoms with Crippen molar-refractivity contribution in [2.75, 3.05) is 5.32 Å². The number of nitrogens with one attached hydrogen (secondary N) is 3. The average molecular weight is 613 g/mol. The number of aryl methyl sites for hydroxylation is 1. The van der Waals surface area contributed by atoms with E-state index in [1.54, 1.807) is 0 Å². The van der Waals surface area contributed by atoms with Crippen LogP contribution in [0, 0.1) is 10.5 Å². The van der Waals surface area contributed by atoms with Crippen LogP contribution < -0.4 is 10.6 Å². The molecule has 2 amide bonds. The first kappa shape index (κ1) is 25.7. The van der Waals surface area contributed by atoms with Gasteiger partial charge in [0.15, 0.2) is 0 Å². The fourth-order valence-electron chi connectivity index (χ4n) is 4.76. The summed E-state index contributed by atoms with van der Waals surface area (Å²) in [6.07, 6.45) is 2.26. The van der Waals surface area contributed by atoms with E-state index < -0.39 is 12.0 Å². The Morgan fingerprint density at radius 2 is 1.45 bits per heavy atom. The van der Waals surface area contributed by atoms with E-state index in [0.717, 1.165) is 42.4 Å². The van der Waals surface area contributed by atoms with E-state index in [1.807, 2.05) is 116 Å². The Bertz CT molecular complexity index is 1520. The van der Waals surface area contributed by atoms with Crippen LogP contribution in [0.1, 0.15) is 28.2 Å². The van der Waals surface area contributed by atoms with E-state index in [0.29, 0.717) is 6.42 Å². The highest BCUT2D eigenvalue weighted by atomic mass is 127. The molecule has 1 heterocycles. The maximum Gasteiger partial charge on any atom is 0.247 e. The fraction of sp³-hybridized carbons (Fsp3) is 0.125. The molecule has 0 spiro atoms. The number of carbonyl (C=O) groups is 2. The molecule has 0 saturated heterocycles. The third-order valence-electron chi connectivity index (χ3n) is 6.71. The van der Waals surface area contributed by atoms with E-state index >= 15 is 0 Å². The third-order valence-corrected chi connectivity index (χ3v) is 7.38. The van der Waals surface area contributed by atoms with Crippen LogP contribution in [-0.2, 0) is 16.0 Å². The zero-order valence-electron chi connectivity index (χ0n) is 20.9. The summed E-state index contributed by atoms with van der Waals surface area (Å²) in [5.74, 6) is -1.02. The summed E-state index contributed by atoms with van der Waals surface area (Å²) in [4.78, 5) is 30.9. The Morgan fingerprint density at radius 3 is 2.11 bits per heavy atom. The Labute approximate surface area is 235 Å². The molecule has 6 heteroatoms. The maximum absolute atomic E-state index is 13.9. The average Bonchev–Trinajstić information content (AvgIpc) is 3.34. The van der Waals surface area contributed by atoms with Crippen molar-refractivity contribution in [3.63, 3.8) is 0 Å². The molecule has 5 rings (SSSR count). The monoisotopic (exact) mass is 613 g/mol. The lowest BCUT2D eigenvalue weighted by molar-refractivity contribution is -0.126. The lowest BCUT2D eigenvalue weighted by atomic mass is 9.90. The number of benzene rings is 4. The highest BCUT2D eigenvalue weighted by Gasteiger charge is 2.29. The summed E-state index contributed by atoms with van der Waals surface area (Å²) in [6, 6.07) is 32.4. The van der Waals surface area contributed by atoms with Crippen molar-refractivity contribution in [2.45, 2.75) is 25.3 Å². The van der Waals surface area contributed by atoms with Gasteiger partial charge < -0.3 is 15.6 Å². The van der Waals surface area contributed by atoms with Gasteiger partial charge in [-0.2, -0.15) is 0 Å². The minimum absolute atomic E-state index is 0.221. The summed E-state index contributed by atoms with van der Waals surface area (Å²) >= 11 is 2.25. The maximum atomic E-state index is 13.9. The first-order valence-electron chi connectivity index (χ1n) is 12.5. The van der Waals surface area contributed by atoms with Crippen molar-refractivity contribution in [1.82, 2.24) is 10.3 Å². The van der Waals surface area contributed by atoms with Gasteiger partial charge in [-0.15, -0.1) is 0 Å². The summed E-state index contributed by atoms with van der Waals surface area (Å²) in [7, 11) is 0. The van der Waals surface area contributed by atoms with Crippen molar-refractivity contribution < 1.29 is 9.59 Å². The number of halogens is 1. The normalized spacial score (nSPS) is 11.9. The number of anilines is 1. The van der Waals surface area contributed by atoms with Crippen LogP contribution in [0.15, 0.2) is 109 Å². The van der Waals surface area contributed by atoms with Crippen molar-refractivity contribution in [3.05, 3.63) is 135 Å². The smallest absolute Gasteiger partial charge is 0.247 e. The number of amides is 2. The van der Waals surface area contributed by atoms with Crippen LogP contribution in [0.5, 0.6) is 0 Å². The molecule has 5 aromatic rings. The Morgan fingerprint density at radius 1 is 0.816 bits per heavy atom. The van der Waals surface area contributed by atoms with Crippen molar-refractivity contribution in [3.8, 4) is 0 Å². The Hall–Kier alpha value is -3.91. The van der Waals surface area contributed by atoms with Gasteiger partial charge in [0.1, 0.15) is 6.04 Å². The molecule has 1 aromatic heterocycles. The molecular weight excluding hydrogens is 585 g/mol. The van der Waals surface area contributed by atoms with E-state index in [4.69, 9.17) is 0 Å². The molecule has 0 bridgehead atoms.